The SMILES string of the molecule is Cc1cn2c(n1)CC[C@H](NC(=O)c1cccc3c1OCCO3)C2. The summed E-state index contributed by atoms with van der Waals surface area (Å²) in [6, 6.07) is 5.52. The van der Waals surface area contributed by atoms with E-state index in [-0.39, 0.29) is 11.9 Å². The third-order valence-electron chi connectivity index (χ3n) is 4.26. The summed E-state index contributed by atoms with van der Waals surface area (Å²) in [4.78, 5) is 17.1. The van der Waals surface area contributed by atoms with Crippen molar-refractivity contribution in [3.05, 3.63) is 41.5 Å². The number of carbonyl (C=O) groups excluding carboxylic acids is 1. The highest BCUT2D eigenvalue weighted by atomic mass is 16.6. The van der Waals surface area contributed by atoms with Gasteiger partial charge in [0.2, 0.25) is 0 Å². The second-order valence-electron chi connectivity index (χ2n) is 5.99. The van der Waals surface area contributed by atoms with E-state index in [1.54, 1.807) is 6.07 Å². The van der Waals surface area contributed by atoms with Crippen molar-refractivity contribution < 1.29 is 14.3 Å². The van der Waals surface area contributed by atoms with Gasteiger partial charge in [-0.1, -0.05) is 6.07 Å². The zero-order valence-corrected chi connectivity index (χ0v) is 13.0. The van der Waals surface area contributed by atoms with Gasteiger partial charge < -0.3 is 19.4 Å². The van der Waals surface area contributed by atoms with Gasteiger partial charge in [-0.25, -0.2) is 4.98 Å². The Hall–Kier alpha value is -2.50. The quantitative estimate of drug-likeness (QED) is 0.916. The third kappa shape index (κ3) is 2.65. The minimum atomic E-state index is -0.113. The van der Waals surface area contributed by atoms with E-state index in [1.165, 1.54) is 0 Å². The summed E-state index contributed by atoms with van der Waals surface area (Å²) in [6.45, 7) is 3.74. The van der Waals surface area contributed by atoms with Crippen LogP contribution in [0.3, 0.4) is 0 Å². The number of imidazole rings is 1. The molecule has 0 spiro atoms. The van der Waals surface area contributed by atoms with Crippen LogP contribution in [0, 0.1) is 6.92 Å². The second kappa shape index (κ2) is 5.61. The number of hydrogen-bond donors (Lipinski definition) is 1. The molecule has 6 nitrogen and oxygen atoms in total. The smallest absolute Gasteiger partial charge is 0.255 e. The Morgan fingerprint density at radius 1 is 1.35 bits per heavy atom. The molecule has 0 unspecified atom stereocenters. The van der Waals surface area contributed by atoms with Crippen LogP contribution in [0.1, 0.15) is 28.3 Å². The van der Waals surface area contributed by atoms with Crippen molar-refractivity contribution in [1.29, 1.82) is 0 Å². The molecular formula is C17H19N3O3. The maximum atomic E-state index is 12.6. The molecule has 2 aromatic rings. The zero-order chi connectivity index (χ0) is 15.8. The highest BCUT2D eigenvalue weighted by Crippen LogP contribution is 2.33. The first-order chi connectivity index (χ1) is 11.2. The zero-order valence-electron chi connectivity index (χ0n) is 13.0. The topological polar surface area (TPSA) is 65.4 Å². The maximum absolute atomic E-state index is 12.6. The lowest BCUT2D eigenvalue weighted by atomic mass is 10.1. The fourth-order valence-electron chi connectivity index (χ4n) is 3.22. The van der Waals surface area contributed by atoms with E-state index in [2.05, 4.69) is 14.9 Å². The highest BCUT2D eigenvalue weighted by molar-refractivity contribution is 5.98. The summed E-state index contributed by atoms with van der Waals surface area (Å²) in [6.07, 6.45) is 3.81. The van der Waals surface area contributed by atoms with Crippen LogP contribution in [0.25, 0.3) is 0 Å². The summed E-state index contributed by atoms with van der Waals surface area (Å²) < 4.78 is 13.3. The predicted molar refractivity (Wildman–Crippen MR) is 84.0 cm³/mol. The molecule has 1 aromatic carbocycles. The van der Waals surface area contributed by atoms with E-state index in [1.807, 2.05) is 25.3 Å². The molecule has 4 rings (SSSR count). The van der Waals surface area contributed by atoms with Gasteiger partial charge in [-0.2, -0.15) is 0 Å². The number of amides is 1. The molecule has 6 heteroatoms. The summed E-state index contributed by atoms with van der Waals surface area (Å²) in [5.41, 5.74) is 1.56. The molecule has 1 atom stereocenters. The van der Waals surface area contributed by atoms with Gasteiger partial charge in [-0.3, -0.25) is 4.79 Å². The first-order valence-electron chi connectivity index (χ1n) is 7.93. The molecule has 1 aromatic heterocycles. The van der Waals surface area contributed by atoms with Gasteiger partial charge >= 0.3 is 0 Å². The number of fused-ring (bicyclic) bond motifs is 2. The third-order valence-corrected chi connectivity index (χ3v) is 4.26. The number of rotatable bonds is 2. The largest absolute Gasteiger partial charge is 0.486 e. The van der Waals surface area contributed by atoms with E-state index in [4.69, 9.17) is 9.47 Å². The van der Waals surface area contributed by atoms with Crippen LogP contribution in [0.2, 0.25) is 0 Å². The van der Waals surface area contributed by atoms with Crippen molar-refractivity contribution in [2.45, 2.75) is 32.4 Å². The first-order valence-corrected chi connectivity index (χ1v) is 7.93. The lowest BCUT2D eigenvalue weighted by Gasteiger charge is -2.26. The molecule has 0 bridgehead atoms. The number of aryl methyl sites for hydroxylation is 2. The Bertz CT molecular complexity index is 754. The molecule has 0 aliphatic carbocycles. The van der Waals surface area contributed by atoms with E-state index >= 15 is 0 Å². The lowest BCUT2D eigenvalue weighted by molar-refractivity contribution is 0.0916. The van der Waals surface area contributed by atoms with Crippen LogP contribution in [0.5, 0.6) is 11.5 Å². The number of nitrogens with one attached hydrogen (secondary N) is 1. The fraction of sp³-hybridized carbons (Fsp3) is 0.412. The number of carbonyl (C=O) groups is 1. The second-order valence-corrected chi connectivity index (χ2v) is 5.99. The molecule has 0 radical (unpaired) electrons. The Balaban J connectivity index is 1.51. The van der Waals surface area contributed by atoms with Crippen LogP contribution in [0.15, 0.2) is 24.4 Å². The van der Waals surface area contributed by atoms with E-state index < -0.39 is 0 Å². The molecule has 120 valence electrons. The van der Waals surface area contributed by atoms with Crippen LogP contribution in [-0.2, 0) is 13.0 Å². The molecule has 2 aliphatic rings. The van der Waals surface area contributed by atoms with E-state index in [9.17, 15) is 4.79 Å². The number of aromatic nitrogens is 2. The van der Waals surface area contributed by atoms with Crippen molar-refractivity contribution in [3.63, 3.8) is 0 Å². The first kappa shape index (κ1) is 14.1. The van der Waals surface area contributed by atoms with Gasteiger partial charge in [0, 0.05) is 25.2 Å². The van der Waals surface area contributed by atoms with Gasteiger partial charge in [0.1, 0.15) is 19.0 Å². The fourth-order valence-corrected chi connectivity index (χ4v) is 3.22. The molecule has 0 saturated heterocycles. The monoisotopic (exact) mass is 313 g/mol. The average molecular weight is 313 g/mol. The Morgan fingerprint density at radius 2 is 2.22 bits per heavy atom. The number of benzene rings is 1. The Morgan fingerprint density at radius 3 is 3.13 bits per heavy atom. The van der Waals surface area contributed by atoms with Crippen molar-refractivity contribution in [1.82, 2.24) is 14.9 Å². The van der Waals surface area contributed by atoms with Crippen molar-refractivity contribution >= 4 is 5.91 Å². The van der Waals surface area contributed by atoms with Crippen LogP contribution >= 0.6 is 0 Å². The highest BCUT2D eigenvalue weighted by Gasteiger charge is 2.25. The molecule has 1 N–H and O–H groups in total. The average Bonchev–Trinajstić information content (AvgIpc) is 2.93. The number of nitrogens with zero attached hydrogens (tertiary/aromatic N) is 2. The van der Waals surface area contributed by atoms with Crippen LogP contribution < -0.4 is 14.8 Å². The molecule has 2 aliphatic heterocycles. The minimum Gasteiger partial charge on any atom is -0.486 e. The van der Waals surface area contributed by atoms with Gasteiger partial charge in [-0.05, 0) is 25.5 Å². The van der Waals surface area contributed by atoms with E-state index in [0.29, 0.717) is 30.3 Å². The number of para-hydroxylation sites is 1. The summed E-state index contributed by atoms with van der Waals surface area (Å²) in [7, 11) is 0. The van der Waals surface area contributed by atoms with Gasteiger partial charge in [0.05, 0.1) is 11.3 Å². The molecule has 3 heterocycles. The van der Waals surface area contributed by atoms with Crippen molar-refractivity contribution in [2.75, 3.05) is 13.2 Å². The molecule has 1 amide bonds. The normalized spacial score (nSPS) is 19.1. The van der Waals surface area contributed by atoms with Crippen molar-refractivity contribution in [3.8, 4) is 11.5 Å². The Labute approximate surface area is 134 Å². The van der Waals surface area contributed by atoms with Crippen LogP contribution in [0.4, 0.5) is 0 Å². The van der Waals surface area contributed by atoms with Gasteiger partial charge in [-0.15, -0.1) is 0 Å². The van der Waals surface area contributed by atoms with E-state index in [0.717, 1.165) is 30.9 Å². The standard InChI is InChI=1S/C17H19N3O3/c1-11-9-20-10-12(5-6-15(20)18-11)19-17(21)13-3-2-4-14-16(13)23-8-7-22-14/h2-4,9,12H,5-8,10H2,1H3,(H,19,21)/t12-/m0/s1. The molecule has 0 fully saturated rings. The van der Waals surface area contributed by atoms with Gasteiger partial charge in [0.15, 0.2) is 11.5 Å². The number of hydrogen-bond acceptors (Lipinski definition) is 4. The van der Waals surface area contributed by atoms with Gasteiger partial charge in [0.25, 0.3) is 5.91 Å². The summed E-state index contributed by atoms with van der Waals surface area (Å²) in [5, 5.41) is 3.11. The minimum absolute atomic E-state index is 0.101. The van der Waals surface area contributed by atoms with Crippen LogP contribution in [-0.4, -0.2) is 34.7 Å². The predicted octanol–water partition coefficient (Wildman–Crippen LogP) is 1.71. The lowest BCUT2D eigenvalue weighted by Crippen LogP contribution is -2.41. The molecular weight excluding hydrogens is 294 g/mol. The summed E-state index contributed by atoms with van der Waals surface area (Å²) in [5.74, 6) is 2.17. The molecule has 23 heavy (non-hydrogen) atoms. The molecule has 0 saturated carbocycles. The Kier molecular flexibility index (Phi) is 3.44. The van der Waals surface area contributed by atoms with Crippen molar-refractivity contribution in [2.24, 2.45) is 0 Å². The summed E-state index contributed by atoms with van der Waals surface area (Å²) >= 11 is 0. The maximum Gasteiger partial charge on any atom is 0.255 e. The number of ether oxygens (including phenoxy) is 2.